The predicted octanol–water partition coefficient (Wildman–Crippen LogP) is 3.30. The van der Waals surface area contributed by atoms with Crippen LogP contribution >= 0.6 is 0 Å². The SMILES string of the molecule is Cc1ccccc1COC1CCCN(C(=O)C2CCC2)C1. The van der Waals surface area contributed by atoms with Crippen LogP contribution in [0.25, 0.3) is 0 Å². The van der Waals surface area contributed by atoms with Crippen molar-refractivity contribution in [2.75, 3.05) is 13.1 Å². The summed E-state index contributed by atoms with van der Waals surface area (Å²) in [5.41, 5.74) is 2.52. The number of nitrogens with zero attached hydrogens (tertiary/aromatic N) is 1. The Bertz CT molecular complexity index is 496. The fraction of sp³-hybridized carbons (Fsp3) is 0.611. The number of carbonyl (C=O) groups excluding carboxylic acids is 1. The zero-order chi connectivity index (χ0) is 14.7. The van der Waals surface area contributed by atoms with Gasteiger partial charge in [0.2, 0.25) is 5.91 Å². The van der Waals surface area contributed by atoms with E-state index in [1.165, 1.54) is 17.5 Å². The lowest BCUT2D eigenvalue weighted by Crippen LogP contribution is -2.46. The Labute approximate surface area is 127 Å². The summed E-state index contributed by atoms with van der Waals surface area (Å²) in [5.74, 6) is 0.672. The number of piperidine rings is 1. The number of likely N-dealkylation sites (tertiary alicyclic amines) is 1. The lowest BCUT2D eigenvalue weighted by atomic mass is 9.84. The van der Waals surface area contributed by atoms with E-state index in [0.29, 0.717) is 18.4 Å². The van der Waals surface area contributed by atoms with Crippen molar-refractivity contribution >= 4 is 5.91 Å². The Morgan fingerprint density at radius 3 is 2.76 bits per heavy atom. The lowest BCUT2D eigenvalue weighted by molar-refractivity contribution is -0.142. The van der Waals surface area contributed by atoms with E-state index in [2.05, 4.69) is 31.2 Å². The molecule has 0 aromatic heterocycles. The summed E-state index contributed by atoms with van der Waals surface area (Å²) >= 11 is 0. The molecule has 114 valence electrons. The van der Waals surface area contributed by atoms with Crippen LogP contribution in [0, 0.1) is 12.8 Å². The Hall–Kier alpha value is -1.35. The van der Waals surface area contributed by atoms with Crippen LogP contribution in [0.5, 0.6) is 0 Å². The average Bonchev–Trinajstić information content (AvgIpc) is 2.45. The standard InChI is InChI=1S/C18H25NO2/c1-14-6-2-3-7-16(14)13-21-17-10-5-11-19(12-17)18(20)15-8-4-9-15/h2-3,6-7,15,17H,4-5,8-13H2,1H3. The Morgan fingerprint density at radius 1 is 1.24 bits per heavy atom. The zero-order valence-electron chi connectivity index (χ0n) is 12.9. The van der Waals surface area contributed by atoms with Crippen LogP contribution in [0.3, 0.4) is 0 Å². The Kier molecular flexibility index (Phi) is 4.59. The first-order chi connectivity index (χ1) is 10.2. The summed E-state index contributed by atoms with van der Waals surface area (Å²) < 4.78 is 6.07. The fourth-order valence-corrected chi connectivity index (χ4v) is 3.17. The van der Waals surface area contributed by atoms with Gasteiger partial charge < -0.3 is 9.64 Å². The van der Waals surface area contributed by atoms with Crippen LogP contribution in [-0.4, -0.2) is 30.0 Å². The van der Waals surface area contributed by atoms with Gasteiger partial charge >= 0.3 is 0 Å². The maximum absolute atomic E-state index is 12.3. The first kappa shape index (κ1) is 14.6. The minimum Gasteiger partial charge on any atom is -0.372 e. The molecule has 1 aromatic rings. The van der Waals surface area contributed by atoms with Crippen LogP contribution in [-0.2, 0) is 16.1 Å². The fourth-order valence-electron chi connectivity index (χ4n) is 3.17. The quantitative estimate of drug-likeness (QED) is 0.850. The van der Waals surface area contributed by atoms with Gasteiger partial charge in [-0.05, 0) is 43.7 Å². The molecule has 1 saturated heterocycles. The van der Waals surface area contributed by atoms with Crippen molar-refractivity contribution in [1.82, 2.24) is 4.90 Å². The highest BCUT2D eigenvalue weighted by atomic mass is 16.5. The number of rotatable bonds is 4. The van der Waals surface area contributed by atoms with Crippen molar-refractivity contribution in [2.24, 2.45) is 5.92 Å². The van der Waals surface area contributed by atoms with E-state index in [4.69, 9.17) is 4.74 Å². The van der Waals surface area contributed by atoms with Gasteiger partial charge in [-0.1, -0.05) is 30.7 Å². The number of hydrogen-bond acceptors (Lipinski definition) is 2. The molecule has 0 N–H and O–H groups in total. The Balaban J connectivity index is 1.51. The predicted molar refractivity (Wildman–Crippen MR) is 82.9 cm³/mol. The molecule has 3 heteroatoms. The molecule has 2 fully saturated rings. The van der Waals surface area contributed by atoms with Crippen LogP contribution in [0.2, 0.25) is 0 Å². The van der Waals surface area contributed by atoms with Crippen LogP contribution in [0.4, 0.5) is 0 Å². The first-order valence-corrected chi connectivity index (χ1v) is 8.19. The monoisotopic (exact) mass is 287 g/mol. The third kappa shape index (κ3) is 3.46. The molecule has 1 atom stereocenters. The van der Waals surface area contributed by atoms with Crippen molar-refractivity contribution < 1.29 is 9.53 Å². The van der Waals surface area contributed by atoms with E-state index in [9.17, 15) is 4.79 Å². The van der Waals surface area contributed by atoms with Gasteiger partial charge in [0.25, 0.3) is 0 Å². The van der Waals surface area contributed by atoms with Crippen molar-refractivity contribution in [2.45, 2.75) is 51.7 Å². The highest BCUT2D eigenvalue weighted by molar-refractivity contribution is 5.79. The smallest absolute Gasteiger partial charge is 0.225 e. The molecule has 21 heavy (non-hydrogen) atoms. The minimum atomic E-state index is 0.197. The number of aryl methyl sites for hydroxylation is 1. The van der Waals surface area contributed by atoms with E-state index >= 15 is 0 Å². The molecule has 3 nitrogen and oxygen atoms in total. The summed E-state index contributed by atoms with van der Waals surface area (Å²) in [6.45, 7) is 4.47. The molecule has 1 aromatic carbocycles. The van der Waals surface area contributed by atoms with E-state index in [1.807, 2.05) is 4.90 Å². The van der Waals surface area contributed by atoms with Crippen molar-refractivity contribution in [3.8, 4) is 0 Å². The van der Waals surface area contributed by atoms with E-state index in [1.54, 1.807) is 0 Å². The van der Waals surface area contributed by atoms with Gasteiger partial charge in [-0.2, -0.15) is 0 Å². The van der Waals surface area contributed by atoms with Crippen molar-refractivity contribution in [3.63, 3.8) is 0 Å². The molecule has 1 saturated carbocycles. The number of hydrogen-bond donors (Lipinski definition) is 0. The second-order valence-corrected chi connectivity index (χ2v) is 6.41. The largest absolute Gasteiger partial charge is 0.372 e. The van der Waals surface area contributed by atoms with Gasteiger partial charge in [0.1, 0.15) is 0 Å². The van der Waals surface area contributed by atoms with Crippen molar-refractivity contribution in [3.05, 3.63) is 35.4 Å². The van der Waals surface area contributed by atoms with Gasteiger partial charge in [0.05, 0.1) is 12.7 Å². The van der Waals surface area contributed by atoms with E-state index in [0.717, 1.165) is 38.8 Å². The van der Waals surface area contributed by atoms with Crippen LogP contribution in [0.15, 0.2) is 24.3 Å². The Morgan fingerprint density at radius 2 is 2.05 bits per heavy atom. The summed E-state index contributed by atoms with van der Waals surface area (Å²) in [5, 5.41) is 0. The minimum absolute atomic E-state index is 0.197. The van der Waals surface area contributed by atoms with Crippen molar-refractivity contribution in [1.29, 1.82) is 0 Å². The second kappa shape index (κ2) is 6.61. The first-order valence-electron chi connectivity index (χ1n) is 8.19. The molecule has 0 bridgehead atoms. The molecule has 1 heterocycles. The van der Waals surface area contributed by atoms with Gasteiger partial charge in [-0.15, -0.1) is 0 Å². The highest BCUT2D eigenvalue weighted by Gasteiger charge is 2.32. The summed E-state index contributed by atoms with van der Waals surface area (Å²) in [6, 6.07) is 8.35. The molecule has 0 spiro atoms. The van der Waals surface area contributed by atoms with Crippen LogP contribution < -0.4 is 0 Å². The normalized spacial score (nSPS) is 22.9. The maximum Gasteiger partial charge on any atom is 0.225 e. The molecule has 1 aliphatic carbocycles. The molecule has 0 radical (unpaired) electrons. The number of ether oxygens (including phenoxy) is 1. The molecular formula is C18H25NO2. The molecule has 2 aliphatic rings. The van der Waals surface area contributed by atoms with Gasteiger partial charge in [-0.25, -0.2) is 0 Å². The van der Waals surface area contributed by atoms with E-state index in [-0.39, 0.29) is 6.10 Å². The average molecular weight is 287 g/mol. The lowest BCUT2D eigenvalue weighted by Gasteiger charge is -2.37. The summed E-state index contributed by atoms with van der Waals surface area (Å²) in [6.07, 6.45) is 5.73. The maximum atomic E-state index is 12.3. The molecule has 1 aliphatic heterocycles. The summed E-state index contributed by atoms with van der Waals surface area (Å²) in [4.78, 5) is 14.4. The van der Waals surface area contributed by atoms with E-state index < -0.39 is 0 Å². The van der Waals surface area contributed by atoms with Gasteiger partial charge in [-0.3, -0.25) is 4.79 Å². The van der Waals surface area contributed by atoms with Crippen LogP contribution in [0.1, 0.15) is 43.2 Å². The molecule has 3 rings (SSSR count). The molecular weight excluding hydrogens is 262 g/mol. The van der Waals surface area contributed by atoms with Gasteiger partial charge in [0, 0.05) is 19.0 Å². The third-order valence-electron chi connectivity index (χ3n) is 4.88. The topological polar surface area (TPSA) is 29.5 Å². The number of benzene rings is 1. The number of carbonyl (C=O) groups is 1. The second-order valence-electron chi connectivity index (χ2n) is 6.41. The third-order valence-corrected chi connectivity index (χ3v) is 4.88. The number of amides is 1. The van der Waals surface area contributed by atoms with Gasteiger partial charge in [0.15, 0.2) is 0 Å². The zero-order valence-corrected chi connectivity index (χ0v) is 12.9. The summed E-state index contributed by atoms with van der Waals surface area (Å²) in [7, 11) is 0. The molecule has 1 unspecified atom stereocenters. The highest BCUT2D eigenvalue weighted by Crippen LogP contribution is 2.29. The molecule has 1 amide bonds.